The van der Waals surface area contributed by atoms with Gasteiger partial charge in [-0.3, -0.25) is 20.4 Å². The van der Waals surface area contributed by atoms with Gasteiger partial charge in [0.15, 0.2) is 6.61 Å². The number of pyridine rings is 1. The summed E-state index contributed by atoms with van der Waals surface area (Å²) in [5, 5.41) is 1.74. The third kappa shape index (κ3) is 4.39. The summed E-state index contributed by atoms with van der Waals surface area (Å²) in [5.74, 6) is -1.80. The largest absolute Gasteiger partial charge is 0.451 e. The third-order valence-corrected chi connectivity index (χ3v) is 3.14. The number of amides is 2. The van der Waals surface area contributed by atoms with Crippen LogP contribution >= 0.6 is 11.3 Å². The van der Waals surface area contributed by atoms with E-state index in [1.807, 2.05) is 0 Å². The van der Waals surface area contributed by atoms with E-state index in [1.54, 1.807) is 29.6 Å². The van der Waals surface area contributed by atoms with Gasteiger partial charge in [0.05, 0.1) is 4.88 Å². The first-order valence-corrected chi connectivity index (χ1v) is 6.75. The third-order valence-electron chi connectivity index (χ3n) is 2.27. The van der Waals surface area contributed by atoms with E-state index >= 15 is 0 Å². The molecule has 2 rings (SSSR count). The van der Waals surface area contributed by atoms with E-state index in [0.29, 0.717) is 4.88 Å². The molecule has 2 N–H and O–H groups in total. The van der Waals surface area contributed by atoms with Crippen LogP contribution in [0.15, 0.2) is 41.9 Å². The molecule has 2 heterocycles. The van der Waals surface area contributed by atoms with E-state index in [-0.39, 0.29) is 5.69 Å². The minimum Gasteiger partial charge on any atom is -0.451 e. The lowest BCUT2D eigenvalue weighted by atomic mass is 10.3. The Balaban J connectivity index is 1.73. The molecule has 0 bridgehead atoms. The number of hydrazine groups is 1. The molecule has 8 heteroatoms. The van der Waals surface area contributed by atoms with E-state index in [9.17, 15) is 14.4 Å². The lowest BCUT2D eigenvalue weighted by Crippen LogP contribution is -2.43. The Morgan fingerprint density at radius 1 is 1.14 bits per heavy atom. The number of ether oxygens (including phenoxy) is 1. The van der Waals surface area contributed by atoms with Gasteiger partial charge in [0.2, 0.25) is 0 Å². The number of hydrogen-bond donors (Lipinski definition) is 2. The lowest BCUT2D eigenvalue weighted by Gasteiger charge is -2.06. The molecule has 0 radical (unpaired) electrons. The highest BCUT2D eigenvalue weighted by Gasteiger charge is 2.12. The fourth-order valence-corrected chi connectivity index (χ4v) is 1.94. The minimum absolute atomic E-state index is 0.105. The predicted octanol–water partition coefficient (Wildman–Crippen LogP) is 0.761. The molecule has 0 saturated heterocycles. The van der Waals surface area contributed by atoms with E-state index in [2.05, 4.69) is 15.8 Å². The first-order chi connectivity index (χ1) is 10.2. The zero-order chi connectivity index (χ0) is 15.1. The number of carbonyl (C=O) groups is 3. The molecule has 0 aliphatic carbocycles. The highest BCUT2D eigenvalue weighted by molar-refractivity contribution is 7.12. The molecule has 0 spiro atoms. The number of rotatable bonds is 4. The summed E-state index contributed by atoms with van der Waals surface area (Å²) in [6, 6.07) is 8.09. The van der Waals surface area contributed by atoms with Crippen molar-refractivity contribution in [3.8, 4) is 0 Å². The second kappa shape index (κ2) is 7.15. The van der Waals surface area contributed by atoms with Crippen molar-refractivity contribution < 1.29 is 19.1 Å². The molecule has 0 fully saturated rings. The second-order valence-corrected chi connectivity index (χ2v) is 4.72. The molecule has 2 aromatic rings. The zero-order valence-electron chi connectivity index (χ0n) is 10.7. The van der Waals surface area contributed by atoms with Gasteiger partial charge in [-0.15, -0.1) is 11.3 Å². The van der Waals surface area contributed by atoms with Gasteiger partial charge in [-0.1, -0.05) is 12.1 Å². The number of nitrogens with zero attached hydrogens (tertiary/aromatic N) is 1. The number of carbonyl (C=O) groups excluding carboxylic acids is 3. The Bertz CT molecular complexity index is 628. The number of thiophene rings is 1. The maximum atomic E-state index is 11.5. The standard InChI is InChI=1S/C13H11N3O4S/c17-11(15-16-12(18)10-5-3-7-21-10)8-20-13(19)9-4-1-2-6-14-9/h1-7H,8H2,(H,15,17)(H,16,18). The highest BCUT2D eigenvalue weighted by atomic mass is 32.1. The van der Waals surface area contributed by atoms with Crippen LogP contribution in [0.5, 0.6) is 0 Å². The summed E-state index contributed by atoms with van der Waals surface area (Å²) in [5.41, 5.74) is 4.47. The first-order valence-electron chi connectivity index (χ1n) is 5.87. The SMILES string of the molecule is O=C(COC(=O)c1ccccn1)NNC(=O)c1cccs1. The van der Waals surface area contributed by atoms with Gasteiger partial charge in [-0.05, 0) is 23.6 Å². The van der Waals surface area contributed by atoms with Gasteiger partial charge >= 0.3 is 5.97 Å². The number of aromatic nitrogens is 1. The van der Waals surface area contributed by atoms with Crippen LogP contribution in [-0.2, 0) is 9.53 Å². The summed E-state index contributed by atoms with van der Waals surface area (Å²) in [4.78, 5) is 38.7. The maximum Gasteiger partial charge on any atom is 0.357 e. The van der Waals surface area contributed by atoms with Gasteiger partial charge in [-0.2, -0.15) is 0 Å². The Kier molecular flexibility index (Phi) is 4.99. The van der Waals surface area contributed by atoms with Crippen molar-refractivity contribution in [3.05, 3.63) is 52.5 Å². The summed E-state index contributed by atoms with van der Waals surface area (Å²) in [6.07, 6.45) is 1.44. The van der Waals surface area contributed by atoms with Crippen molar-refractivity contribution in [2.75, 3.05) is 6.61 Å². The Labute approximate surface area is 123 Å². The number of esters is 1. The quantitative estimate of drug-likeness (QED) is 0.642. The van der Waals surface area contributed by atoms with E-state index in [0.717, 1.165) is 0 Å². The normalized spacial score (nSPS) is 9.71. The van der Waals surface area contributed by atoms with Crippen LogP contribution in [0.2, 0.25) is 0 Å². The second-order valence-electron chi connectivity index (χ2n) is 3.77. The van der Waals surface area contributed by atoms with Crippen LogP contribution in [0.4, 0.5) is 0 Å². The van der Waals surface area contributed by atoms with E-state index in [4.69, 9.17) is 4.74 Å². The molecular formula is C13H11N3O4S. The Hall–Kier alpha value is -2.74. The summed E-state index contributed by atoms with van der Waals surface area (Å²) < 4.78 is 4.75. The summed E-state index contributed by atoms with van der Waals surface area (Å²) in [7, 11) is 0. The first kappa shape index (κ1) is 14.7. The van der Waals surface area contributed by atoms with Gasteiger partial charge in [0, 0.05) is 6.20 Å². The van der Waals surface area contributed by atoms with E-state index in [1.165, 1.54) is 23.6 Å². The Morgan fingerprint density at radius 2 is 2.00 bits per heavy atom. The summed E-state index contributed by atoms with van der Waals surface area (Å²) >= 11 is 1.24. The molecule has 0 saturated carbocycles. The van der Waals surface area contributed by atoms with Crippen molar-refractivity contribution in [1.82, 2.24) is 15.8 Å². The molecule has 0 aliphatic heterocycles. The van der Waals surface area contributed by atoms with Crippen LogP contribution < -0.4 is 10.9 Å². The van der Waals surface area contributed by atoms with Crippen molar-refractivity contribution in [3.63, 3.8) is 0 Å². The average molecular weight is 305 g/mol. The maximum absolute atomic E-state index is 11.5. The molecule has 0 aliphatic rings. The van der Waals surface area contributed by atoms with Crippen molar-refractivity contribution in [1.29, 1.82) is 0 Å². The van der Waals surface area contributed by atoms with Crippen LogP contribution in [0.25, 0.3) is 0 Å². The van der Waals surface area contributed by atoms with Gasteiger partial charge in [0.25, 0.3) is 11.8 Å². The van der Waals surface area contributed by atoms with Crippen LogP contribution in [0.3, 0.4) is 0 Å². The molecule has 0 aromatic carbocycles. The molecular weight excluding hydrogens is 294 g/mol. The monoisotopic (exact) mass is 305 g/mol. The average Bonchev–Trinajstić information content (AvgIpc) is 3.05. The highest BCUT2D eigenvalue weighted by Crippen LogP contribution is 2.06. The van der Waals surface area contributed by atoms with Gasteiger partial charge in [0.1, 0.15) is 5.69 Å². The summed E-state index contributed by atoms with van der Waals surface area (Å²) in [6.45, 7) is -0.514. The molecule has 0 unspecified atom stereocenters. The van der Waals surface area contributed by atoms with Crippen LogP contribution in [0, 0.1) is 0 Å². The zero-order valence-corrected chi connectivity index (χ0v) is 11.6. The Morgan fingerprint density at radius 3 is 2.67 bits per heavy atom. The van der Waals surface area contributed by atoms with Crippen molar-refractivity contribution in [2.45, 2.75) is 0 Å². The van der Waals surface area contributed by atoms with Crippen LogP contribution in [0.1, 0.15) is 20.2 Å². The molecule has 2 amide bonds. The predicted molar refractivity (Wildman–Crippen MR) is 74.4 cm³/mol. The van der Waals surface area contributed by atoms with E-state index < -0.39 is 24.4 Å². The molecule has 2 aromatic heterocycles. The fourth-order valence-electron chi connectivity index (χ4n) is 1.32. The van der Waals surface area contributed by atoms with Crippen molar-refractivity contribution in [2.24, 2.45) is 0 Å². The molecule has 7 nitrogen and oxygen atoms in total. The topological polar surface area (TPSA) is 97.4 Å². The number of hydrogen-bond acceptors (Lipinski definition) is 6. The number of nitrogens with one attached hydrogen (secondary N) is 2. The smallest absolute Gasteiger partial charge is 0.357 e. The lowest BCUT2D eigenvalue weighted by molar-refractivity contribution is -0.125. The minimum atomic E-state index is -0.713. The molecule has 21 heavy (non-hydrogen) atoms. The van der Waals surface area contributed by atoms with Gasteiger partial charge in [-0.25, -0.2) is 9.78 Å². The van der Waals surface area contributed by atoms with Crippen LogP contribution in [-0.4, -0.2) is 29.4 Å². The molecule has 108 valence electrons. The molecule has 0 atom stereocenters. The van der Waals surface area contributed by atoms with Crippen molar-refractivity contribution >= 4 is 29.1 Å². The fraction of sp³-hybridized carbons (Fsp3) is 0.0769. The van der Waals surface area contributed by atoms with Gasteiger partial charge < -0.3 is 4.74 Å².